The summed E-state index contributed by atoms with van der Waals surface area (Å²) in [6.07, 6.45) is 0.878. The highest BCUT2D eigenvalue weighted by atomic mass is 16.5. The normalized spacial score (nSPS) is 13.9. The average Bonchev–Trinajstić information content (AvgIpc) is 2.40. The number of carbonyl (C=O) groups excluding carboxylic acids is 2. The van der Waals surface area contributed by atoms with E-state index in [0.29, 0.717) is 18.0 Å². The van der Waals surface area contributed by atoms with Crippen molar-refractivity contribution in [3.05, 3.63) is 18.2 Å². The van der Waals surface area contributed by atoms with Gasteiger partial charge in [0.2, 0.25) is 5.91 Å². The molecule has 0 saturated carbocycles. The van der Waals surface area contributed by atoms with Gasteiger partial charge < -0.3 is 19.9 Å². The van der Waals surface area contributed by atoms with Gasteiger partial charge >= 0.3 is 0 Å². The molecule has 1 aliphatic rings. The van der Waals surface area contributed by atoms with Gasteiger partial charge in [-0.05, 0) is 45.3 Å². The Morgan fingerprint density at radius 2 is 2.19 bits per heavy atom. The molecule has 0 aromatic heterocycles. The van der Waals surface area contributed by atoms with Crippen molar-refractivity contribution in [1.29, 1.82) is 0 Å². The molecule has 1 aromatic rings. The van der Waals surface area contributed by atoms with Crippen molar-refractivity contribution >= 4 is 23.2 Å². The Morgan fingerprint density at radius 3 is 2.86 bits per heavy atom. The number of anilines is 2. The molecule has 0 bridgehead atoms. The lowest BCUT2D eigenvalue weighted by molar-refractivity contribution is -0.121. The smallest absolute Gasteiger partial charge is 0.265 e. The highest BCUT2D eigenvalue weighted by Gasteiger charge is 2.25. The first-order chi connectivity index (χ1) is 9.97. The third-order valence-electron chi connectivity index (χ3n) is 3.21. The molecule has 0 radical (unpaired) electrons. The second-order valence-electron chi connectivity index (χ2n) is 5.35. The van der Waals surface area contributed by atoms with Gasteiger partial charge in [0, 0.05) is 19.2 Å². The van der Waals surface area contributed by atoms with Crippen LogP contribution in [0, 0.1) is 0 Å². The molecule has 0 unspecified atom stereocenters. The molecule has 6 nitrogen and oxygen atoms in total. The van der Waals surface area contributed by atoms with Crippen molar-refractivity contribution in [1.82, 2.24) is 4.90 Å². The minimum absolute atomic E-state index is 0.0544. The molecular weight excluding hydrogens is 270 g/mol. The minimum Gasteiger partial charge on any atom is -0.482 e. The summed E-state index contributed by atoms with van der Waals surface area (Å²) < 4.78 is 5.44. The number of ether oxygens (including phenoxy) is 1. The van der Waals surface area contributed by atoms with Gasteiger partial charge in [-0.15, -0.1) is 0 Å². The summed E-state index contributed by atoms with van der Waals surface area (Å²) in [5, 5.41) is 2.72. The molecule has 0 fully saturated rings. The molecule has 1 aliphatic heterocycles. The number of amides is 2. The van der Waals surface area contributed by atoms with Crippen LogP contribution >= 0.6 is 0 Å². The van der Waals surface area contributed by atoms with Gasteiger partial charge in [-0.25, -0.2) is 0 Å². The summed E-state index contributed by atoms with van der Waals surface area (Å²) in [6, 6.07) is 5.34. The number of hydrogen-bond acceptors (Lipinski definition) is 4. The monoisotopic (exact) mass is 291 g/mol. The molecule has 2 rings (SSSR count). The molecule has 0 saturated heterocycles. The van der Waals surface area contributed by atoms with Crippen LogP contribution in [0.3, 0.4) is 0 Å². The van der Waals surface area contributed by atoms with E-state index in [1.807, 2.05) is 14.1 Å². The number of fused-ring (bicyclic) bond motifs is 1. The Bertz CT molecular complexity index is 543. The topological polar surface area (TPSA) is 61.9 Å². The van der Waals surface area contributed by atoms with Gasteiger partial charge in [-0.1, -0.05) is 0 Å². The number of benzene rings is 1. The Kier molecular flexibility index (Phi) is 4.80. The Balaban J connectivity index is 2.18. The fraction of sp³-hybridized carbons (Fsp3) is 0.467. The van der Waals surface area contributed by atoms with Gasteiger partial charge in [0.1, 0.15) is 5.75 Å². The lowest BCUT2D eigenvalue weighted by Crippen LogP contribution is -2.40. The second kappa shape index (κ2) is 6.58. The molecule has 0 aliphatic carbocycles. The zero-order valence-corrected chi connectivity index (χ0v) is 12.7. The molecule has 21 heavy (non-hydrogen) atoms. The SMILES string of the molecule is CC(=O)Nc1ccc2c(c1)N(CCCN(C)C)C(=O)CO2. The van der Waals surface area contributed by atoms with Crippen molar-refractivity contribution in [3.8, 4) is 5.75 Å². The Labute approximate surface area is 124 Å². The van der Waals surface area contributed by atoms with E-state index >= 15 is 0 Å². The van der Waals surface area contributed by atoms with Crippen molar-refractivity contribution in [3.63, 3.8) is 0 Å². The van der Waals surface area contributed by atoms with E-state index in [1.165, 1.54) is 6.92 Å². The van der Waals surface area contributed by atoms with Crippen LogP contribution in [0.5, 0.6) is 5.75 Å². The van der Waals surface area contributed by atoms with Crippen LogP contribution in [-0.4, -0.2) is 50.5 Å². The van der Waals surface area contributed by atoms with Gasteiger partial charge in [0.05, 0.1) is 5.69 Å². The second-order valence-corrected chi connectivity index (χ2v) is 5.35. The van der Waals surface area contributed by atoms with Crippen molar-refractivity contribution < 1.29 is 14.3 Å². The predicted molar refractivity (Wildman–Crippen MR) is 81.8 cm³/mol. The summed E-state index contributed by atoms with van der Waals surface area (Å²) >= 11 is 0. The molecule has 2 amide bonds. The zero-order valence-electron chi connectivity index (χ0n) is 12.7. The molecule has 1 N–H and O–H groups in total. The van der Waals surface area contributed by atoms with Crippen LogP contribution in [0.15, 0.2) is 18.2 Å². The third kappa shape index (κ3) is 3.95. The van der Waals surface area contributed by atoms with Crippen LogP contribution in [0.2, 0.25) is 0 Å². The average molecular weight is 291 g/mol. The first kappa shape index (κ1) is 15.3. The maximum absolute atomic E-state index is 12.1. The minimum atomic E-state index is -0.142. The fourth-order valence-corrected chi connectivity index (χ4v) is 2.27. The molecule has 1 aromatic carbocycles. The summed E-state index contributed by atoms with van der Waals surface area (Å²) in [5.74, 6) is 0.479. The van der Waals surface area contributed by atoms with Crippen LogP contribution < -0.4 is 15.0 Å². The number of carbonyl (C=O) groups is 2. The van der Waals surface area contributed by atoms with E-state index in [4.69, 9.17) is 4.74 Å². The highest BCUT2D eigenvalue weighted by molar-refractivity contribution is 5.99. The van der Waals surface area contributed by atoms with E-state index in [-0.39, 0.29) is 18.4 Å². The molecule has 1 heterocycles. The number of nitrogens with zero attached hydrogens (tertiary/aromatic N) is 2. The summed E-state index contributed by atoms with van der Waals surface area (Å²) in [7, 11) is 4.01. The van der Waals surface area contributed by atoms with E-state index in [0.717, 1.165) is 18.7 Å². The maximum atomic E-state index is 12.1. The van der Waals surface area contributed by atoms with Crippen LogP contribution in [0.25, 0.3) is 0 Å². The molecule has 6 heteroatoms. The number of rotatable bonds is 5. The summed E-state index contributed by atoms with van der Waals surface area (Å²) in [6.45, 7) is 3.06. The largest absolute Gasteiger partial charge is 0.482 e. The molecule has 114 valence electrons. The highest BCUT2D eigenvalue weighted by Crippen LogP contribution is 2.34. The van der Waals surface area contributed by atoms with E-state index in [1.54, 1.807) is 23.1 Å². The Hall–Kier alpha value is -2.08. The lowest BCUT2D eigenvalue weighted by atomic mass is 10.2. The van der Waals surface area contributed by atoms with Crippen molar-refractivity contribution in [2.45, 2.75) is 13.3 Å². The van der Waals surface area contributed by atoms with Crippen molar-refractivity contribution in [2.75, 3.05) is 44.0 Å². The van der Waals surface area contributed by atoms with Gasteiger partial charge in [-0.3, -0.25) is 9.59 Å². The standard InChI is InChI=1S/C15H21N3O3/c1-11(19)16-12-5-6-14-13(9-12)18(15(20)10-21-14)8-4-7-17(2)3/h5-6,9H,4,7-8,10H2,1-3H3,(H,16,19). The third-order valence-corrected chi connectivity index (χ3v) is 3.21. The first-order valence-electron chi connectivity index (χ1n) is 6.97. The first-order valence-corrected chi connectivity index (χ1v) is 6.97. The Morgan fingerprint density at radius 1 is 1.43 bits per heavy atom. The van der Waals surface area contributed by atoms with Gasteiger partial charge in [0.15, 0.2) is 6.61 Å². The fourth-order valence-electron chi connectivity index (χ4n) is 2.27. The van der Waals surface area contributed by atoms with E-state index < -0.39 is 0 Å². The van der Waals surface area contributed by atoms with Crippen LogP contribution in [-0.2, 0) is 9.59 Å². The lowest BCUT2D eigenvalue weighted by Gasteiger charge is -2.30. The van der Waals surface area contributed by atoms with E-state index in [2.05, 4.69) is 10.2 Å². The zero-order chi connectivity index (χ0) is 15.4. The van der Waals surface area contributed by atoms with Crippen LogP contribution in [0.4, 0.5) is 11.4 Å². The summed E-state index contributed by atoms with van der Waals surface area (Å²) in [4.78, 5) is 27.0. The van der Waals surface area contributed by atoms with Crippen LogP contribution in [0.1, 0.15) is 13.3 Å². The van der Waals surface area contributed by atoms with Gasteiger partial charge in [0.25, 0.3) is 5.91 Å². The molecular formula is C15H21N3O3. The number of nitrogens with one attached hydrogen (secondary N) is 1. The number of hydrogen-bond donors (Lipinski definition) is 1. The summed E-state index contributed by atoms with van der Waals surface area (Å²) in [5.41, 5.74) is 1.38. The quantitative estimate of drug-likeness (QED) is 0.889. The van der Waals surface area contributed by atoms with E-state index in [9.17, 15) is 9.59 Å². The predicted octanol–water partition coefficient (Wildman–Crippen LogP) is 1.32. The van der Waals surface area contributed by atoms with Gasteiger partial charge in [-0.2, -0.15) is 0 Å². The van der Waals surface area contributed by atoms with Crippen molar-refractivity contribution in [2.24, 2.45) is 0 Å². The molecule has 0 spiro atoms. The molecule has 0 atom stereocenters. The maximum Gasteiger partial charge on any atom is 0.265 e.